The zero-order chi connectivity index (χ0) is 10.9. The highest BCUT2D eigenvalue weighted by Crippen LogP contribution is 2.15. The number of hydrogen-bond acceptors (Lipinski definition) is 3. The van der Waals surface area contributed by atoms with E-state index in [2.05, 4.69) is 11.5 Å². The van der Waals surface area contributed by atoms with Gasteiger partial charge in [0.1, 0.15) is 0 Å². The SMILES string of the molecule is C/C=N/CCC[Si](C)(OCC)OCC. The lowest BCUT2D eigenvalue weighted by molar-refractivity contribution is 0.188. The molecule has 3 nitrogen and oxygen atoms in total. The molecule has 0 aromatic heterocycles. The zero-order valence-electron chi connectivity index (χ0n) is 9.88. The Morgan fingerprint density at radius 2 is 1.79 bits per heavy atom. The van der Waals surface area contributed by atoms with Crippen molar-refractivity contribution in [2.75, 3.05) is 19.8 Å². The molecule has 0 N–H and O–H groups in total. The molecule has 0 saturated carbocycles. The summed E-state index contributed by atoms with van der Waals surface area (Å²) in [4.78, 5) is 4.18. The van der Waals surface area contributed by atoms with E-state index >= 15 is 0 Å². The van der Waals surface area contributed by atoms with Crippen LogP contribution in [0.1, 0.15) is 27.2 Å². The van der Waals surface area contributed by atoms with E-state index in [9.17, 15) is 0 Å². The molecule has 0 aliphatic rings. The molecule has 0 aliphatic carbocycles. The van der Waals surface area contributed by atoms with Gasteiger partial charge < -0.3 is 8.85 Å². The molecule has 84 valence electrons. The number of rotatable bonds is 8. The molecule has 0 aliphatic heterocycles. The summed E-state index contributed by atoms with van der Waals surface area (Å²) in [7, 11) is -1.87. The van der Waals surface area contributed by atoms with E-state index < -0.39 is 8.56 Å². The molecule has 0 spiro atoms. The molecule has 14 heavy (non-hydrogen) atoms. The number of hydrogen-bond donors (Lipinski definition) is 0. The molecule has 0 rings (SSSR count). The van der Waals surface area contributed by atoms with E-state index in [1.807, 2.05) is 27.0 Å². The second-order valence-electron chi connectivity index (χ2n) is 3.27. The van der Waals surface area contributed by atoms with E-state index in [-0.39, 0.29) is 0 Å². The van der Waals surface area contributed by atoms with Crippen LogP contribution in [0.25, 0.3) is 0 Å². The predicted octanol–water partition coefficient (Wildman–Crippen LogP) is 2.61. The molecular formula is C10H23NO2Si. The van der Waals surface area contributed by atoms with Crippen molar-refractivity contribution in [3.05, 3.63) is 0 Å². The Morgan fingerprint density at radius 3 is 2.21 bits per heavy atom. The van der Waals surface area contributed by atoms with Crippen LogP contribution >= 0.6 is 0 Å². The highest BCUT2D eigenvalue weighted by Gasteiger charge is 2.29. The highest BCUT2D eigenvalue weighted by atomic mass is 28.4. The van der Waals surface area contributed by atoms with E-state index in [1.54, 1.807) is 0 Å². The molecular weight excluding hydrogens is 194 g/mol. The maximum absolute atomic E-state index is 5.71. The first kappa shape index (κ1) is 13.8. The highest BCUT2D eigenvalue weighted by molar-refractivity contribution is 6.66. The lowest BCUT2D eigenvalue weighted by Crippen LogP contribution is -2.38. The van der Waals surface area contributed by atoms with E-state index in [0.29, 0.717) is 0 Å². The monoisotopic (exact) mass is 217 g/mol. The minimum atomic E-state index is -1.87. The van der Waals surface area contributed by atoms with Crippen LogP contribution in [0.2, 0.25) is 12.6 Å². The molecule has 0 unspecified atom stereocenters. The first-order valence-corrected chi connectivity index (χ1v) is 7.93. The minimum Gasteiger partial charge on any atom is -0.395 e. The summed E-state index contributed by atoms with van der Waals surface area (Å²) in [6, 6.07) is 1.03. The number of aliphatic imine (C=N–C) groups is 1. The Morgan fingerprint density at radius 1 is 1.21 bits per heavy atom. The van der Waals surface area contributed by atoms with Crippen LogP contribution in [0, 0.1) is 0 Å². The van der Waals surface area contributed by atoms with Gasteiger partial charge in [0.05, 0.1) is 0 Å². The minimum absolute atomic E-state index is 0.750. The standard InChI is InChI=1S/C10H23NO2Si/c1-5-11-9-8-10-14(4,12-6-2)13-7-3/h5H,6-10H2,1-4H3/b11-5+. The molecule has 4 heteroatoms. The van der Waals surface area contributed by atoms with E-state index in [0.717, 1.165) is 32.2 Å². The fourth-order valence-corrected chi connectivity index (χ4v) is 3.81. The predicted molar refractivity (Wildman–Crippen MR) is 63.3 cm³/mol. The van der Waals surface area contributed by atoms with Gasteiger partial charge in [0.15, 0.2) is 0 Å². The van der Waals surface area contributed by atoms with Crippen LogP contribution in [-0.4, -0.2) is 34.5 Å². The Labute approximate surface area is 88.8 Å². The molecule has 0 heterocycles. The molecule has 0 aromatic carbocycles. The van der Waals surface area contributed by atoms with Gasteiger partial charge in [0.2, 0.25) is 0 Å². The van der Waals surface area contributed by atoms with E-state index in [1.165, 1.54) is 0 Å². The summed E-state index contributed by atoms with van der Waals surface area (Å²) in [5.41, 5.74) is 0. The second kappa shape index (κ2) is 8.14. The average molecular weight is 217 g/mol. The summed E-state index contributed by atoms with van der Waals surface area (Å²) in [5.74, 6) is 0. The van der Waals surface area contributed by atoms with Crippen LogP contribution in [-0.2, 0) is 8.85 Å². The maximum atomic E-state index is 5.71. The normalized spacial score (nSPS) is 12.6. The molecule has 0 atom stereocenters. The Kier molecular flexibility index (Phi) is 8.03. The van der Waals surface area contributed by atoms with Crippen molar-refractivity contribution in [2.24, 2.45) is 4.99 Å². The summed E-state index contributed by atoms with van der Waals surface area (Å²) in [6.45, 7) is 10.5. The van der Waals surface area contributed by atoms with Crippen LogP contribution < -0.4 is 0 Å². The van der Waals surface area contributed by atoms with Crippen molar-refractivity contribution in [1.82, 2.24) is 0 Å². The fourth-order valence-electron chi connectivity index (χ4n) is 1.42. The van der Waals surface area contributed by atoms with Gasteiger partial charge in [-0.3, -0.25) is 4.99 Å². The summed E-state index contributed by atoms with van der Waals surface area (Å²) < 4.78 is 11.4. The van der Waals surface area contributed by atoms with Crippen molar-refractivity contribution >= 4 is 14.8 Å². The fraction of sp³-hybridized carbons (Fsp3) is 0.900. The zero-order valence-corrected chi connectivity index (χ0v) is 10.9. The van der Waals surface area contributed by atoms with Gasteiger partial charge in [-0.05, 0) is 46.0 Å². The lowest BCUT2D eigenvalue weighted by atomic mass is 10.5. The first-order chi connectivity index (χ1) is 6.68. The second-order valence-corrected chi connectivity index (χ2v) is 6.61. The largest absolute Gasteiger partial charge is 0.395 e. The summed E-state index contributed by atoms with van der Waals surface area (Å²) in [6.07, 6.45) is 2.91. The van der Waals surface area contributed by atoms with Crippen molar-refractivity contribution in [3.8, 4) is 0 Å². The van der Waals surface area contributed by atoms with Gasteiger partial charge in [-0.2, -0.15) is 0 Å². The maximum Gasteiger partial charge on any atom is 0.334 e. The quantitative estimate of drug-likeness (QED) is 0.355. The molecule has 0 amide bonds. The van der Waals surface area contributed by atoms with Crippen molar-refractivity contribution in [2.45, 2.75) is 39.8 Å². The Bertz CT molecular complexity index is 156. The van der Waals surface area contributed by atoms with E-state index in [4.69, 9.17) is 8.85 Å². The first-order valence-electron chi connectivity index (χ1n) is 5.41. The summed E-state index contributed by atoms with van der Waals surface area (Å²) in [5, 5.41) is 0. The molecule has 0 saturated heterocycles. The molecule has 0 fully saturated rings. The van der Waals surface area contributed by atoms with Gasteiger partial charge >= 0.3 is 8.56 Å². The topological polar surface area (TPSA) is 30.8 Å². The average Bonchev–Trinajstić information content (AvgIpc) is 2.13. The summed E-state index contributed by atoms with van der Waals surface area (Å²) >= 11 is 0. The molecule has 0 aromatic rings. The van der Waals surface area contributed by atoms with Gasteiger partial charge in [-0.15, -0.1) is 0 Å². The van der Waals surface area contributed by atoms with Gasteiger partial charge in [0, 0.05) is 19.8 Å². The molecule has 0 radical (unpaired) electrons. The van der Waals surface area contributed by atoms with Crippen molar-refractivity contribution < 1.29 is 8.85 Å². The van der Waals surface area contributed by atoms with Crippen molar-refractivity contribution in [3.63, 3.8) is 0 Å². The third-order valence-electron chi connectivity index (χ3n) is 2.00. The molecule has 0 bridgehead atoms. The lowest BCUT2D eigenvalue weighted by Gasteiger charge is -2.25. The van der Waals surface area contributed by atoms with Gasteiger partial charge in [-0.1, -0.05) is 0 Å². The van der Waals surface area contributed by atoms with Crippen LogP contribution in [0.5, 0.6) is 0 Å². The third kappa shape index (κ3) is 6.29. The van der Waals surface area contributed by atoms with Crippen LogP contribution in [0.3, 0.4) is 0 Å². The Hall–Kier alpha value is -0.193. The Balaban J connectivity index is 3.82. The van der Waals surface area contributed by atoms with Crippen LogP contribution in [0.15, 0.2) is 4.99 Å². The van der Waals surface area contributed by atoms with Crippen molar-refractivity contribution in [1.29, 1.82) is 0 Å². The van der Waals surface area contributed by atoms with Gasteiger partial charge in [0.25, 0.3) is 0 Å². The van der Waals surface area contributed by atoms with Gasteiger partial charge in [-0.25, -0.2) is 0 Å². The number of nitrogens with zero attached hydrogens (tertiary/aromatic N) is 1. The van der Waals surface area contributed by atoms with Crippen LogP contribution in [0.4, 0.5) is 0 Å². The smallest absolute Gasteiger partial charge is 0.334 e. The third-order valence-corrected chi connectivity index (χ3v) is 5.06.